The molecule has 30 heavy (non-hydrogen) atoms. The van der Waals surface area contributed by atoms with Gasteiger partial charge in [0.05, 0.1) is 10.2 Å². The molecule has 0 radical (unpaired) electrons. The number of carbonyl (C=O) groups is 1. The van der Waals surface area contributed by atoms with Crippen LogP contribution in [-0.4, -0.2) is 60.2 Å². The van der Waals surface area contributed by atoms with Crippen molar-refractivity contribution < 1.29 is 9.72 Å². The van der Waals surface area contributed by atoms with Crippen LogP contribution in [0.3, 0.4) is 0 Å². The highest BCUT2D eigenvalue weighted by molar-refractivity contribution is 8.00. The molecule has 1 atom stereocenters. The van der Waals surface area contributed by atoms with Crippen LogP contribution in [0, 0.1) is 10.1 Å². The smallest absolute Gasteiger partial charge is 0.269 e. The Kier molecular flexibility index (Phi) is 8.10. The average Bonchev–Trinajstić information content (AvgIpc) is 2.78. The van der Waals surface area contributed by atoms with Crippen molar-refractivity contribution in [1.82, 2.24) is 10.2 Å². The van der Waals surface area contributed by atoms with Gasteiger partial charge in [-0.15, -0.1) is 11.8 Å². The Hall–Kier alpha value is -2.58. The van der Waals surface area contributed by atoms with Gasteiger partial charge in [0.15, 0.2) is 0 Å². The molecule has 1 heterocycles. The van der Waals surface area contributed by atoms with Crippen LogP contribution in [0.2, 0.25) is 0 Å². The third-order valence-electron chi connectivity index (χ3n) is 5.17. The monoisotopic (exact) mass is 428 g/mol. The molecule has 1 unspecified atom stereocenters. The molecule has 7 nitrogen and oxygen atoms in total. The van der Waals surface area contributed by atoms with Crippen molar-refractivity contribution in [2.75, 3.05) is 44.2 Å². The maximum atomic E-state index is 12.3. The lowest BCUT2D eigenvalue weighted by Gasteiger charge is -2.36. The number of non-ortho nitro benzene ring substituents is 1. The van der Waals surface area contributed by atoms with E-state index in [0.29, 0.717) is 6.54 Å². The van der Waals surface area contributed by atoms with Crippen LogP contribution >= 0.6 is 11.8 Å². The number of thioether (sulfide) groups is 1. The largest absolute Gasteiger partial charge is 0.369 e. The highest BCUT2D eigenvalue weighted by Gasteiger charge is 2.17. The Morgan fingerprint density at radius 3 is 2.40 bits per heavy atom. The molecule has 3 rings (SSSR count). The predicted molar refractivity (Wildman–Crippen MR) is 121 cm³/mol. The second-order valence-corrected chi connectivity index (χ2v) is 8.73. The summed E-state index contributed by atoms with van der Waals surface area (Å²) >= 11 is 1.41. The summed E-state index contributed by atoms with van der Waals surface area (Å²) in [7, 11) is 0. The third kappa shape index (κ3) is 6.47. The summed E-state index contributed by atoms with van der Waals surface area (Å²) in [6, 6.07) is 16.8. The van der Waals surface area contributed by atoms with Crippen molar-refractivity contribution in [3.63, 3.8) is 0 Å². The second-order valence-electron chi connectivity index (χ2n) is 7.32. The zero-order valence-corrected chi connectivity index (χ0v) is 18.0. The molecule has 0 bridgehead atoms. The number of piperazine rings is 1. The summed E-state index contributed by atoms with van der Waals surface area (Å²) < 4.78 is 0. The quantitative estimate of drug-likeness (QED) is 0.285. The number of para-hydroxylation sites is 1. The van der Waals surface area contributed by atoms with Crippen LogP contribution in [-0.2, 0) is 4.79 Å². The minimum absolute atomic E-state index is 0.00718. The summed E-state index contributed by atoms with van der Waals surface area (Å²) in [5, 5.41) is 13.5. The van der Waals surface area contributed by atoms with Gasteiger partial charge in [-0.3, -0.25) is 19.8 Å². The minimum atomic E-state index is -0.424. The third-order valence-corrected chi connectivity index (χ3v) is 6.29. The molecule has 0 aromatic heterocycles. The van der Waals surface area contributed by atoms with Gasteiger partial charge in [-0.2, -0.15) is 0 Å². The van der Waals surface area contributed by atoms with Crippen molar-refractivity contribution in [2.24, 2.45) is 0 Å². The first-order valence-corrected chi connectivity index (χ1v) is 11.1. The van der Waals surface area contributed by atoms with Crippen molar-refractivity contribution in [3.05, 3.63) is 64.7 Å². The molecule has 1 amide bonds. The van der Waals surface area contributed by atoms with Crippen LogP contribution in [0.5, 0.6) is 0 Å². The molecule has 1 aliphatic rings. The zero-order valence-electron chi connectivity index (χ0n) is 17.2. The number of nitro groups is 1. The number of hydrogen-bond donors (Lipinski definition) is 1. The molecule has 1 saturated heterocycles. The zero-order chi connectivity index (χ0) is 21.3. The van der Waals surface area contributed by atoms with E-state index in [1.807, 2.05) is 13.0 Å². The van der Waals surface area contributed by atoms with E-state index < -0.39 is 4.92 Å². The Morgan fingerprint density at radius 2 is 1.77 bits per heavy atom. The van der Waals surface area contributed by atoms with Crippen LogP contribution in [0.15, 0.2) is 59.5 Å². The number of anilines is 1. The minimum Gasteiger partial charge on any atom is -0.369 e. The van der Waals surface area contributed by atoms with Gasteiger partial charge in [0.1, 0.15) is 0 Å². The van der Waals surface area contributed by atoms with Crippen molar-refractivity contribution >= 4 is 29.0 Å². The van der Waals surface area contributed by atoms with Crippen molar-refractivity contribution in [3.8, 4) is 0 Å². The van der Waals surface area contributed by atoms with Gasteiger partial charge in [0, 0.05) is 55.4 Å². The fourth-order valence-electron chi connectivity index (χ4n) is 3.43. The number of nitro benzene ring substituents is 1. The molecule has 1 aliphatic heterocycles. The molecule has 2 aromatic carbocycles. The normalized spacial score (nSPS) is 15.6. The number of nitrogens with one attached hydrogen (secondary N) is 1. The van der Waals surface area contributed by atoms with Gasteiger partial charge >= 0.3 is 0 Å². The number of benzene rings is 2. The number of hydrogen-bond acceptors (Lipinski definition) is 6. The fraction of sp³-hybridized carbons (Fsp3) is 0.409. The highest BCUT2D eigenvalue weighted by atomic mass is 32.2. The summed E-state index contributed by atoms with van der Waals surface area (Å²) in [5.74, 6) is -0.00718. The van der Waals surface area contributed by atoms with Crippen LogP contribution < -0.4 is 10.2 Å². The molecule has 160 valence electrons. The predicted octanol–water partition coefficient (Wildman–Crippen LogP) is 3.40. The molecule has 1 N–H and O–H groups in total. The number of amides is 1. The van der Waals surface area contributed by atoms with Crippen molar-refractivity contribution in [2.45, 2.75) is 23.5 Å². The molecular weight excluding hydrogens is 400 g/mol. The summed E-state index contributed by atoms with van der Waals surface area (Å²) in [4.78, 5) is 28.3. The summed E-state index contributed by atoms with van der Waals surface area (Å²) in [6.07, 6.45) is 0.923. The van der Waals surface area contributed by atoms with E-state index in [1.165, 1.54) is 29.6 Å². The van der Waals surface area contributed by atoms with E-state index in [2.05, 4.69) is 39.4 Å². The summed E-state index contributed by atoms with van der Waals surface area (Å²) in [5.41, 5.74) is 1.34. The average molecular weight is 429 g/mol. The Morgan fingerprint density at radius 1 is 1.10 bits per heavy atom. The van der Waals surface area contributed by atoms with Gasteiger partial charge in [0.25, 0.3) is 5.69 Å². The molecule has 8 heteroatoms. The Labute approximate surface area is 181 Å². The van der Waals surface area contributed by atoms with Crippen LogP contribution in [0.4, 0.5) is 11.4 Å². The molecule has 0 spiro atoms. The number of rotatable bonds is 9. The van der Waals surface area contributed by atoms with Gasteiger partial charge in [-0.25, -0.2) is 0 Å². The maximum Gasteiger partial charge on any atom is 0.269 e. The first-order chi connectivity index (χ1) is 14.5. The lowest BCUT2D eigenvalue weighted by molar-refractivity contribution is -0.384. The van der Waals surface area contributed by atoms with E-state index >= 15 is 0 Å². The summed E-state index contributed by atoms with van der Waals surface area (Å²) in [6.45, 7) is 7.61. The van der Waals surface area contributed by atoms with Gasteiger partial charge < -0.3 is 10.2 Å². The first-order valence-electron chi connectivity index (χ1n) is 10.2. The van der Waals surface area contributed by atoms with Crippen LogP contribution in [0.1, 0.15) is 13.3 Å². The first kappa shape index (κ1) is 22.1. The van der Waals surface area contributed by atoms with Gasteiger partial charge in [-0.05, 0) is 44.2 Å². The standard InChI is InChI=1S/C22H28N4O3S/c1-18(30-21-10-8-20(9-11-21)26(28)29)22(27)23-12-5-13-24-14-16-25(17-15-24)19-6-3-2-4-7-19/h2-4,6-11,18H,5,12-17H2,1H3,(H,23,27). The molecular formula is C22H28N4O3S. The van der Waals surface area contributed by atoms with Gasteiger partial charge in [0.2, 0.25) is 5.91 Å². The van der Waals surface area contributed by atoms with Crippen molar-refractivity contribution in [1.29, 1.82) is 0 Å². The molecule has 1 fully saturated rings. The lowest BCUT2D eigenvalue weighted by atomic mass is 10.2. The molecule has 0 aliphatic carbocycles. The second kappa shape index (κ2) is 11.0. The highest BCUT2D eigenvalue weighted by Crippen LogP contribution is 2.25. The maximum absolute atomic E-state index is 12.3. The topological polar surface area (TPSA) is 78.7 Å². The van der Waals surface area contributed by atoms with E-state index in [9.17, 15) is 14.9 Å². The lowest BCUT2D eigenvalue weighted by Crippen LogP contribution is -2.47. The molecule has 2 aromatic rings. The van der Waals surface area contributed by atoms with E-state index in [-0.39, 0.29) is 16.8 Å². The van der Waals surface area contributed by atoms with E-state index in [1.54, 1.807) is 12.1 Å². The number of carbonyl (C=O) groups excluding carboxylic acids is 1. The van der Waals surface area contributed by atoms with Gasteiger partial charge in [-0.1, -0.05) is 18.2 Å². The fourth-order valence-corrected chi connectivity index (χ4v) is 4.32. The molecule has 0 saturated carbocycles. The van der Waals surface area contributed by atoms with E-state index in [4.69, 9.17) is 0 Å². The van der Waals surface area contributed by atoms with E-state index in [0.717, 1.165) is 44.0 Å². The Bertz CT molecular complexity index is 824. The van der Waals surface area contributed by atoms with Crippen LogP contribution in [0.25, 0.3) is 0 Å². The SMILES string of the molecule is CC(Sc1ccc([N+](=O)[O-])cc1)C(=O)NCCCN1CCN(c2ccccc2)CC1. The number of nitrogens with zero attached hydrogens (tertiary/aromatic N) is 3. The Balaban J connectivity index is 1.31.